The maximum atomic E-state index is 11.3. The van der Waals surface area contributed by atoms with Crippen molar-refractivity contribution in [2.75, 3.05) is 13.1 Å². The lowest BCUT2D eigenvalue weighted by Crippen LogP contribution is -2.45. The number of nitrogens with one attached hydrogen (secondary N) is 2. The third-order valence-electron chi connectivity index (χ3n) is 1.70. The average molecular weight is 198 g/mol. The standard InChI is InChI=1S/C10H18N2O2/c1-10(2,3)14-9(13)12-8-5-4-6-11-7-8/h4-5,8,11H,6-7H2,1-3H3,(H,12,13). The van der Waals surface area contributed by atoms with E-state index < -0.39 is 5.60 Å². The quantitative estimate of drug-likeness (QED) is 0.619. The number of hydrogen-bond acceptors (Lipinski definition) is 3. The molecule has 1 heterocycles. The second-order valence-corrected chi connectivity index (χ2v) is 4.34. The molecule has 0 fully saturated rings. The molecule has 0 spiro atoms. The highest BCUT2D eigenvalue weighted by atomic mass is 16.6. The summed E-state index contributed by atoms with van der Waals surface area (Å²) in [6.07, 6.45) is 3.60. The summed E-state index contributed by atoms with van der Waals surface area (Å²) in [5.41, 5.74) is -0.435. The minimum absolute atomic E-state index is 0.0404. The van der Waals surface area contributed by atoms with Crippen LogP contribution in [0.5, 0.6) is 0 Å². The predicted octanol–water partition coefficient (Wildman–Crippen LogP) is 1.04. The first kappa shape index (κ1) is 11.0. The molecular formula is C10H18N2O2. The third-order valence-corrected chi connectivity index (χ3v) is 1.70. The zero-order chi connectivity index (χ0) is 10.6. The van der Waals surface area contributed by atoms with Crippen molar-refractivity contribution in [3.05, 3.63) is 12.2 Å². The maximum Gasteiger partial charge on any atom is 0.408 e. The van der Waals surface area contributed by atoms with Crippen molar-refractivity contribution < 1.29 is 9.53 Å². The van der Waals surface area contributed by atoms with Gasteiger partial charge in [-0.2, -0.15) is 0 Å². The van der Waals surface area contributed by atoms with Gasteiger partial charge in [-0.05, 0) is 20.8 Å². The van der Waals surface area contributed by atoms with Gasteiger partial charge in [0, 0.05) is 13.1 Å². The van der Waals surface area contributed by atoms with Crippen LogP contribution in [-0.4, -0.2) is 30.8 Å². The number of ether oxygens (including phenoxy) is 1. The molecule has 0 aromatic rings. The van der Waals surface area contributed by atoms with E-state index in [9.17, 15) is 4.79 Å². The lowest BCUT2D eigenvalue weighted by Gasteiger charge is -2.23. The van der Waals surface area contributed by atoms with Crippen LogP contribution in [0, 0.1) is 0 Å². The number of carbonyl (C=O) groups excluding carboxylic acids is 1. The molecule has 4 nitrogen and oxygen atoms in total. The van der Waals surface area contributed by atoms with Crippen LogP contribution in [0.4, 0.5) is 4.79 Å². The molecule has 1 unspecified atom stereocenters. The Labute approximate surface area is 84.7 Å². The summed E-state index contributed by atoms with van der Waals surface area (Å²) >= 11 is 0. The summed E-state index contributed by atoms with van der Waals surface area (Å²) in [4.78, 5) is 11.3. The normalized spacial score (nSPS) is 21.8. The zero-order valence-electron chi connectivity index (χ0n) is 8.96. The minimum atomic E-state index is -0.435. The van der Waals surface area contributed by atoms with Crippen molar-refractivity contribution in [2.24, 2.45) is 0 Å². The topological polar surface area (TPSA) is 50.4 Å². The van der Waals surface area contributed by atoms with Crippen molar-refractivity contribution in [3.63, 3.8) is 0 Å². The lowest BCUT2D eigenvalue weighted by atomic mass is 10.2. The van der Waals surface area contributed by atoms with Crippen LogP contribution in [0.1, 0.15) is 20.8 Å². The molecular weight excluding hydrogens is 180 g/mol. The van der Waals surface area contributed by atoms with Crippen LogP contribution < -0.4 is 10.6 Å². The van der Waals surface area contributed by atoms with E-state index in [4.69, 9.17) is 4.74 Å². The first-order valence-electron chi connectivity index (χ1n) is 4.84. The van der Waals surface area contributed by atoms with E-state index in [0.29, 0.717) is 0 Å². The van der Waals surface area contributed by atoms with E-state index in [2.05, 4.69) is 10.6 Å². The highest BCUT2D eigenvalue weighted by Gasteiger charge is 2.18. The van der Waals surface area contributed by atoms with E-state index >= 15 is 0 Å². The summed E-state index contributed by atoms with van der Waals surface area (Å²) in [5.74, 6) is 0. The fourth-order valence-corrected chi connectivity index (χ4v) is 1.18. The highest BCUT2D eigenvalue weighted by Crippen LogP contribution is 2.06. The number of carbonyl (C=O) groups is 1. The van der Waals surface area contributed by atoms with Gasteiger partial charge in [0.2, 0.25) is 0 Å². The second kappa shape index (κ2) is 4.46. The average Bonchev–Trinajstić information content (AvgIpc) is 2.02. The molecule has 0 saturated carbocycles. The summed E-state index contributed by atoms with van der Waals surface area (Å²) in [6.45, 7) is 7.17. The van der Waals surface area contributed by atoms with Gasteiger partial charge in [-0.25, -0.2) is 4.79 Å². The Kier molecular flexibility index (Phi) is 3.52. The Hall–Kier alpha value is -1.03. The molecule has 0 aromatic carbocycles. The molecule has 1 amide bonds. The Morgan fingerprint density at radius 2 is 2.29 bits per heavy atom. The third kappa shape index (κ3) is 4.28. The fraction of sp³-hybridized carbons (Fsp3) is 0.700. The van der Waals surface area contributed by atoms with Crippen molar-refractivity contribution >= 4 is 6.09 Å². The van der Waals surface area contributed by atoms with E-state index in [0.717, 1.165) is 13.1 Å². The molecule has 4 heteroatoms. The number of rotatable bonds is 1. The molecule has 1 atom stereocenters. The molecule has 1 aliphatic rings. The fourth-order valence-electron chi connectivity index (χ4n) is 1.18. The van der Waals surface area contributed by atoms with Gasteiger partial charge in [0.1, 0.15) is 5.60 Å². The Balaban J connectivity index is 2.33. The maximum absolute atomic E-state index is 11.3. The number of alkyl carbamates (subject to hydrolysis) is 1. The van der Waals surface area contributed by atoms with Crippen LogP contribution in [0.2, 0.25) is 0 Å². The van der Waals surface area contributed by atoms with Crippen molar-refractivity contribution in [1.82, 2.24) is 10.6 Å². The van der Waals surface area contributed by atoms with Gasteiger partial charge in [-0.3, -0.25) is 0 Å². The molecule has 0 saturated heterocycles. The molecule has 1 aliphatic heterocycles. The van der Waals surface area contributed by atoms with Gasteiger partial charge in [-0.15, -0.1) is 0 Å². The Morgan fingerprint density at radius 3 is 2.79 bits per heavy atom. The van der Waals surface area contributed by atoms with Crippen molar-refractivity contribution in [2.45, 2.75) is 32.4 Å². The highest BCUT2D eigenvalue weighted by molar-refractivity contribution is 5.68. The van der Waals surface area contributed by atoms with Gasteiger partial charge in [0.05, 0.1) is 6.04 Å². The van der Waals surface area contributed by atoms with E-state index in [1.54, 1.807) is 0 Å². The summed E-state index contributed by atoms with van der Waals surface area (Å²) in [6, 6.07) is 0.0404. The molecule has 0 aliphatic carbocycles. The van der Waals surface area contributed by atoms with Gasteiger partial charge >= 0.3 is 6.09 Å². The van der Waals surface area contributed by atoms with Crippen molar-refractivity contribution in [1.29, 1.82) is 0 Å². The minimum Gasteiger partial charge on any atom is -0.444 e. The monoisotopic (exact) mass is 198 g/mol. The van der Waals surface area contributed by atoms with E-state index in [-0.39, 0.29) is 12.1 Å². The largest absolute Gasteiger partial charge is 0.444 e. The lowest BCUT2D eigenvalue weighted by molar-refractivity contribution is 0.0513. The summed E-state index contributed by atoms with van der Waals surface area (Å²) in [5, 5.41) is 5.91. The second-order valence-electron chi connectivity index (χ2n) is 4.34. The van der Waals surface area contributed by atoms with E-state index in [1.807, 2.05) is 32.9 Å². The van der Waals surface area contributed by atoms with Crippen LogP contribution in [0.25, 0.3) is 0 Å². The Morgan fingerprint density at radius 1 is 1.57 bits per heavy atom. The van der Waals surface area contributed by atoms with Gasteiger partial charge in [0.25, 0.3) is 0 Å². The smallest absolute Gasteiger partial charge is 0.408 e. The van der Waals surface area contributed by atoms with Crippen molar-refractivity contribution in [3.8, 4) is 0 Å². The molecule has 1 rings (SSSR count). The molecule has 0 radical (unpaired) electrons. The SMILES string of the molecule is CC(C)(C)OC(=O)NC1C=CCNC1. The first-order chi connectivity index (χ1) is 6.47. The Bertz CT molecular complexity index is 231. The molecule has 80 valence electrons. The van der Waals surface area contributed by atoms with Gasteiger partial charge in [-0.1, -0.05) is 12.2 Å². The predicted molar refractivity (Wildman–Crippen MR) is 55.2 cm³/mol. The molecule has 14 heavy (non-hydrogen) atoms. The molecule has 0 aromatic heterocycles. The summed E-state index contributed by atoms with van der Waals surface area (Å²) < 4.78 is 5.13. The van der Waals surface area contributed by atoms with Crippen LogP contribution in [0.15, 0.2) is 12.2 Å². The zero-order valence-corrected chi connectivity index (χ0v) is 8.96. The van der Waals surface area contributed by atoms with Gasteiger partial charge < -0.3 is 15.4 Å². The first-order valence-corrected chi connectivity index (χ1v) is 4.84. The van der Waals surface area contributed by atoms with Gasteiger partial charge in [0.15, 0.2) is 0 Å². The van der Waals surface area contributed by atoms with Crippen LogP contribution >= 0.6 is 0 Å². The van der Waals surface area contributed by atoms with E-state index in [1.165, 1.54) is 0 Å². The number of amides is 1. The number of hydrogen-bond donors (Lipinski definition) is 2. The summed E-state index contributed by atoms with van der Waals surface area (Å²) in [7, 11) is 0. The van der Waals surface area contributed by atoms with Crippen LogP contribution in [0.3, 0.4) is 0 Å². The van der Waals surface area contributed by atoms with Crippen LogP contribution in [-0.2, 0) is 4.74 Å². The molecule has 2 N–H and O–H groups in total. The molecule has 0 bridgehead atoms.